The van der Waals surface area contributed by atoms with E-state index in [2.05, 4.69) is 10.6 Å². The molecule has 0 fully saturated rings. The molecular weight excluding hydrogens is 424 g/mol. The summed E-state index contributed by atoms with van der Waals surface area (Å²) in [6.07, 6.45) is -0.742. The van der Waals surface area contributed by atoms with Crippen LogP contribution < -0.4 is 10.6 Å². The number of hydrogen-bond donors (Lipinski definition) is 4. The maximum absolute atomic E-state index is 12.6. The normalized spacial score (nSPS) is 12.9. The number of para-hydroxylation sites is 1. The van der Waals surface area contributed by atoms with Gasteiger partial charge in [-0.2, -0.15) is 0 Å². The van der Waals surface area contributed by atoms with E-state index in [0.29, 0.717) is 0 Å². The summed E-state index contributed by atoms with van der Waals surface area (Å²) in [7, 11) is 0. The average Bonchev–Trinajstić information content (AvgIpc) is 3.15. The third kappa shape index (κ3) is 4.56. The largest absolute Gasteiger partial charge is 0.480 e. The van der Waals surface area contributed by atoms with Crippen molar-refractivity contribution in [2.75, 3.05) is 18.5 Å². The van der Waals surface area contributed by atoms with Crippen LogP contribution >= 0.6 is 0 Å². The molecule has 1 aliphatic carbocycles. The molecule has 0 unspecified atom stereocenters. The smallest absolute Gasteiger partial charge is 0.411 e. The molecule has 3 aromatic carbocycles. The molecule has 0 aliphatic heterocycles. The SMILES string of the molecule is O=C(Nc1ccccc1C(=O)N[C@@H](CO)C(=O)O)OCC1c2ccccc2-c2ccccc21. The highest BCUT2D eigenvalue weighted by atomic mass is 16.5. The van der Waals surface area contributed by atoms with E-state index in [1.165, 1.54) is 12.1 Å². The first-order chi connectivity index (χ1) is 16.0. The number of amides is 2. The summed E-state index contributed by atoms with van der Waals surface area (Å²) in [6.45, 7) is -0.650. The van der Waals surface area contributed by atoms with Gasteiger partial charge in [0.15, 0.2) is 6.04 Å². The van der Waals surface area contributed by atoms with E-state index in [9.17, 15) is 14.4 Å². The number of benzene rings is 3. The molecule has 0 spiro atoms. The number of carboxylic acid groups (broad SMARTS) is 1. The van der Waals surface area contributed by atoms with Gasteiger partial charge >= 0.3 is 12.1 Å². The molecule has 0 bridgehead atoms. The Kier molecular flexibility index (Phi) is 6.37. The summed E-state index contributed by atoms with van der Waals surface area (Å²) < 4.78 is 5.50. The molecule has 4 rings (SSSR count). The molecule has 3 aromatic rings. The molecule has 0 radical (unpaired) electrons. The van der Waals surface area contributed by atoms with Gasteiger partial charge in [-0.15, -0.1) is 0 Å². The summed E-state index contributed by atoms with van der Waals surface area (Å²) in [5, 5.41) is 22.9. The highest BCUT2D eigenvalue weighted by Gasteiger charge is 2.29. The number of carbonyl (C=O) groups is 3. The fourth-order valence-electron chi connectivity index (χ4n) is 3.96. The molecule has 33 heavy (non-hydrogen) atoms. The lowest BCUT2D eigenvalue weighted by atomic mass is 9.98. The zero-order chi connectivity index (χ0) is 23.4. The number of carboxylic acids is 1. The van der Waals surface area contributed by atoms with E-state index in [4.69, 9.17) is 14.9 Å². The summed E-state index contributed by atoms with van der Waals surface area (Å²) in [5.74, 6) is -2.22. The number of aliphatic carboxylic acids is 1. The van der Waals surface area contributed by atoms with Crippen LogP contribution in [0.3, 0.4) is 0 Å². The molecule has 8 nitrogen and oxygen atoms in total. The van der Waals surface area contributed by atoms with Gasteiger partial charge in [0.1, 0.15) is 6.61 Å². The lowest BCUT2D eigenvalue weighted by Gasteiger charge is -2.16. The number of anilines is 1. The Balaban J connectivity index is 1.46. The monoisotopic (exact) mass is 446 g/mol. The van der Waals surface area contributed by atoms with Crippen LogP contribution in [0.5, 0.6) is 0 Å². The molecule has 0 saturated heterocycles. The molecule has 8 heteroatoms. The summed E-state index contributed by atoms with van der Waals surface area (Å²) in [5.41, 5.74) is 4.59. The van der Waals surface area contributed by atoms with Crippen molar-refractivity contribution in [2.24, 2.45) is 0 Å². The van der Waals surface area contributed by atoms with Gasteiger partial charge in [-0.1, -0.05) is 60.7 Å². The molecule has 0 heterocycles. The van der Waals surface area contributed by atoms with Crippen molar-refractivity contribution in [3.63, 3.8) is 0 Å². The average molecular weight is 446 g/mol. The number of nitrogens with one attached hydrogen (secondary N) is 2. The van der Waals surface area contributed by atoms with Crippen LogP contribution in [0.25, 0.3) is 11.1 Å². The minimum Gasteiger partial charge on any atom is -0.480 e. The summed E-state index contributed by atoms with van der Waals surface area (Å²) in [6, 6.07) is 20.6. The zero-order valence-corrected chi connectivity index (χ0v) is 17.5. The van der Waals surface area contributed by atoms with E-state index in [1.807, 2.05) is 48.5 Å². The highest BCUT2D eigenvalue weighted by Crippen LogP contribution is 2.44. The topological polar surface area (TPSA) is 125 Å². The fraction of sp³-hybridized carbons (Fsp3) is 0.160. The van der Waals surface area contributed by atoms with Crippen LogP contribution in [0.15, 0.2) is 72.8 Å². The number of hydrogen-bond acceptors (Lipinski definition) is 5. The predicted octanol–water partition coefficient (Wildman–Crippen LogP) is 3.22. The Bertz CT molecular complexity index is 1160. The van der Waals surface area contributed by atoms with Crippen molar-refractivity contribution in [1.29, 1.82) is 0 Å². The molecule has 0 saturated carbocycles. The Hall–Kier alpha value is -4.17. The number of fused-ring (bicyclic) bond motifs is 3. The molecule has 1 atom stereocenters. The Labute approximate surface area is 189 Å². The number of carbonyl (C=O) groups excluding carboxylic acids is 2. The van der Waals surface area contributed by atoms with E-state index in [0.717, 1.165) is 22.3 Å². The lowest BCUT2D eigenvalue weighted by molar-refractivity contribution is -0.140. The van der Waals surface area contributed by atoms with E-state index in [1.54, 1.807) is 12.1 Å². The van der Waals surface area contributed by atoms with E-state index < -0.39 is 30.6 Å². The quantitative estimate of drug-likeness (QED) is 0.442. The van der Waals surface area contributed by atoms with Crippen molar-refractivity contribution < 1.29 is 29.3 Å². The van der Waals surface area contributed by atoms with Gasteiger partial charge in [0.25, 0.3) is 5.91 Å². The second kappa shape index (κ2) is 9.54. The van der Waals surface area contributed by atoms with Crippen LogP contribution in [0.2, 0.25) is 0 Å². The van der Waals surface area contributed by atoms with Crippen LogP contribution in [-0.4, -0.2) is 47.4 Å². The van der Waals surface area contributed by atoms with Crippen LogP contribution in [-0.2, 0) is 9.53 Å². The van der Waals surface area contributed by atoms with Gasteiger partial charge in [-0.3, -0.25) is 10.1 Å². The zero-order valence-electron chi connectivity index (χ0n) is 17.5. The van der Waals surface area contributed by atoms with Gasteiger partial charge in [0.2, 0.25) is 0 Å². The molecule has 1 aliphatic rings. The van der Waals surface area contributed by atoms with Gasteiger partial charge < -0.3 is 20.3 Å². The standard InChI is InChI=1S/C25H22N2O6/c28-13-22(24(30)31)26-23(29)19-11-5-6-12-21(19)27-25(32)33-14-20-17-9-3-1-7-15(17)16-8-2-4-10-18(16)20/h1-12,20,22,28H,13-14H2,(H,26,29)(H,27,32)(H,30,31)/t22-/m0/s1. The Morgan fingerprint density at radius 1 is 0.879 bits per heavy atom. The highest BCUT2D eigenvalue weighted by molar-refractivity contribution is 6.03. The van der Waals surface area contributed by atoms with E-state index >= 15 is 0 Å². The molecule has 0 aromatic heterocycles. The Morgan fingerprint density at radius 2 is 1.45 bits per heavy atom. The second-order valence-corrected chi connectivity index (χ2v) is 7.54. The van der Waals surface area contributed by atoms with Crippen LogP contribution in [0.1, 0.15) is 27.4 Å². The number of aliphatic hydroxyl groups is 1. The van der Waals surface area contributed by atoms with Crippen molar-refractivity contribution >= 4 is 23.7 Å². The van der Waals surface area contributed by atoms with Crippen LogP contribution in [0, 0.1) is 0 Å². The van der Waals surface area contributed by atoms with Crippen molar-refractivity contribution in [1.82, 2.24) is 5.32 Å². The third-order valence-corrected chi connectivity index (χ3v) is 5.54. The van der Waals surface area contributed by atoms with Crippen molar-refractivity contribution in [3.8, 4) is 11.1 Å². The maximum atomic E-state index is 12.6. The maximum Gasteiger partial charge on any atom is 0.411 e. The van der Waals surface area contributed by atoms with Gasteiger partial charge in [-0.25, -0.2) is 9.59 Å². The lowest BCUT2D eigenvalue weighted by Crippen LogP contribution is -2.43. The minimum absolute atomic E-state index is 0.0470. The van der Waals surface area contributed by atoms with Crippen LogP contribution in [0.4, 0.5) is 10.5 Å². The van der Waals surface area contributed by atoms with Crippen molar-refractivity contribution in [3.05, 3.63) is 89.5 Å². The second-order valence-electron chi connectivity index (χ2n) is 7.54. The third-order valence-electron chi connectivity index (χ3n) is 5.54. The first-order valence-electron chi connectivity index (χ1n) is 10.3. The Morgan fingerprint density at radius 3 is 2.06 bits per heavy atom. The van der Waals surface area contributed by atoms with Gasteiger partial charge in [-0.05, 0) is 34.4 Å². The van der Waals surface area contributed by atoms with Gasteiger partial charge in [0, 0.05) is 5.92 Å². The van der Waals surface area contributed by atoms with Crippen molar-refractivity contribution in [2.45, 2.75) is 12.0 Å². The molecule has 2 amide bonds. The molecule has 4 N–H and O–H groups in total. The molecular formula is C25H22N2O6. The summed E-state index contributed by atoms with van der Waals surface area (Å²) >= 11 is 0. The first kappa shape index (κ1) is 22.0. The van der Waals surface area contributed by atoms with Gasteiger partial charge in [0.05, 0.1) is 17.9 Å². The predicted molar refractivity (Wildman–Crippen MR) is 121 cm³/mol. The molecule has 168 valence electrons. The number of rotatable bonds is 7. The number of aliphatic hydroxyl groups excluding tert-OH is 1. The van der Waals surface area contributed by atoms with E-state index in [-0.39, 0.29) is 23.8 Å². The minimum atomic E-state index is -1.46. The summed E-state index contributed by atoms with van der Waals surface area (Å²) in [4.78, 5) is 36.1. The first-order valence-corrected chi connectivity index (χ1v) is 10.3. The fourth-order valence-corrected chi connectivity index (χ4v) is 3.96. The number of ether oxygens (including phenoxy) is 1.